The first-order valence-electron chi connectivity index (χ1n) is 5.14. The smallest absolute Gasteiger partial charge is 0.226 e. The largest absolute Gasteiger partial charge is 0.280 e. The molecule has 7 heteroatoms. The summed E-state index contributed by atoms with van der Waals surface area (Å²) in [6.07, 6.45) is 1.58. The van der Waals surface area contributed by atoms with Crippen LogP contribution in [0.2, 0.25) is 0 Å². The van der Waals surface area contributed by atoms with E-state index >= 15 is 0 Å². The van der Waals surface area contributed by atoms with Gasteiger partial charge in [0.05, 0.1) is 0 Å². The van der Waals surface area contributed by atoms with E-state index in [2.05, 4.69) is 0 Å². The summed E-state index contributed by atoms with van der Waals surface area (Å²) in [5.74, 6) is -2.16. The lowest BCUT2D eigenvalue weighted by molar-refractivity contribution is 0.0666. The molecule has 96 valence electrons. The number of halogens is 4. The average Bonchev–Trinajstić information content (AvgIpc) is 2.35. The first-order valence-corrected chi connectivity index (χ1v) is 6.62. The summed E-state index contributed by atoms with van der Waals surface area (Å²) in [7, 11) is -5.21. The summed E-state index contributed by atoms with van der Waals surface area (Å²) in [6, 6.07) is 0. The van der Waals surface area contributed by atoms with Crippen LogP contribution in [0.15, 0.2) is 22.6 Å². The molecular formula is C10H10F4O2S. The molecule has 0 radical (unpaired) electrons. The highest BCUT2D eigenvalue weighted by atomic mass is 32.2. The second kappa shape index (κ2) is 3.34. The number of allylic oxidation sites excluding steroid dienone is 2. The van der Waals surface area contributed by atoms with Gasteiger partial charge in [0.25, 0.3) is 20.0 Å². The lowest BCUT2D eigenvalue weighted by Crippen LogP contribution is -2.56. The van der Waals surface area contributed by atoms with Crippen LogP contribution in [-0.2, 0) is 9.84 Å². The van der Waals surface area contributed by atoms with Gasteiger partial charge in [-0.25, -0.2) is 21.6 Å². The fraction of sp³-hybridized carbons (Fsp3) is 0.600. The van der Waals surface area contributed by atoms with Crippen molar-refractivity contribution in [2.24, 2.45) is 0 Å². The van der Waals surface area contributed by atoms with Gasteiger partial charge in [-0.15, -0.1) is 0 Å². The number of fused-ring (bicyclic) bond motifs is 1. The van der Waals surface area contributed by atoms with Crippen molar-refractivity contribution in [2.75, 3.05) is 0 Å². The van der Waals surface area contributed by atoms with Crippen LogP contribution in [0.5, 0.6) is 0 Å². The molecule has 0 bridgehead atoms. The van der Waals surface area contributed by atoms with Crippen molar-refractivity contribution < 1.29 is 26.0 Å². The molecule has 1 aliphatic carbocycles. The summed E-state index contributed by atoms with van der Waals surface area (Å²) in [6.45, 7) is 1.78. The Hall–Kier alpha value is -0.850. The summed E-state index contributed by atoms with van der Waals surface area (Å²) >= 11 is 0. The lowest BCUT2D eigenvalue weighted by atomic mass is 9.76. The Kier molecular flexibility index (Phi) is 2.47. The SMILES string of the molecule is CCCCC1=CC2(F)C1(F)C(F)=C(F)S2(=O)=O. The molecule has 0 aromatic carbocycles. The van der Waals surface area contributed by atoms with Crippen LogP contribution >= 0.6 is 0 Å². The Morgan fingerprint density at radius 2 is 1.88 bits per heavy atom. The van der Waals surface area contributed by atoms with Gasteiger partial charge in [-0.2, -0.15) is 4.39 Å². The molecule has 0 N–H and O–H groups in total. The first kappa shape index (κ1) is 12.6. The molecule has 0 aromatic rings. The first-order chi connectivity index (χ1) is 7.73. The molecule has 2 aliphatic rings. The molecule has 2 atom stereocenters. The predicted molar refractivity (Wildman–Crippen MR) is 53.4 cm³/mol. The zero-order chi connectivity index (χ0) is 13.1. The van der Waals surface area contributed by atoms with Gasteiger partial charge in [-0.05, 0) is 24.5 Å². The van der Waals surface area contributed by atoms with Gasteiger partial charge < -0.3 is 0 Å². The van der Waals surface area contributed by atoms with Crippen LogP contribution < -0.4 is 0 Å². The number of hydrogen-bond acceptors (Lipinski definition) is 2. The third kappa shape index (κ3) is 1.13. The van der Waals surface area contributed by atoms with Crippen LogP contribution in [0.3, 0.4) is 0 Å². The third-order valence-corrected chi connectivity index (χ3v) is 5.01. The maximum Gasteiger partial charge on any atom is 0.280 e. The lowest BCUT2D eigenvalue weighted by Gasteiger charge is -2.40. The molecule has 0 fully saturated rings. The van der Waals surface area contributed by atoms with Gasteiger partial charge in [0.15, 0.2) is 5.83 Å². The zero-order valence-corrected chi connectivity index (χ0v) is 9.75. The molecule has 2 rings (SSSR count). The van der Waals surface area contributed by atoms with Crippen LogP contribution in [0, 0.1) is 0 Å². The topological polar surface area (TPSA) is 34.1 Å². The quantitative estimate of drug-likeness (QED) is 0.583. The van der Waals surface area contributed by atoms with Crippen molar-refractivity contribution in [1.29, 1.82) is 0 Å². The average molecular weight is 270 g/mol. The van der Waals surface area contributed by atoms with Gasteiger partial charge >= 0.3 is 0 Å². The normalized spacial score (nSPS) is 38.8. The van der Waals surface area contributed by atoms with Crippen molar-refractivity contribution in [3.05, 3.63) is 22.6 Å². The molecule has 17 heavy (non-hydrogen) atoms. The van der Waals surface area contributed by atoms with E-state index in [-0.39, 0.29) is 12.0 Å². The summed E-state index contributed by atoms with van der Waals surface area (Å²) in [5.41, 5.74) is -3.79. The van der Waals surface area contributed by atoms with E-state index in [0.717, 1.165) is 0 Å². The number of rotatable bonds is 3. The van der Waals surface area contributed by atoms with Gasteiger partial charge in [-0.1, -0.05) is 13.3 Å². The highest BCUT2D eigenvalue weighted by Gasteiger charge is 2.78. The molecular weight excluding hydrogens is 260 g/mol. The van der Waals surface area contributed by atoms with Crippen LogP contribution in [-0.4, -0.2) is 19.1 Å². The van der Waals surface area contributed by atoms with Crippen LogP contribution in [0.4, 0.5) is 17.6 Å². The molecule has 0 saturated heterocycles. The second-order valence-corrected chi connectivity index (χ2v) is 6.13. The summed E-state index contributed by atoms with van der Waals surface area (Å²) in [4.78, 5) is 0. The van der Waals surface area contributed by atoms with E-state index in [1.54, 1.807) is 6.92 Å². The molecule has 2 unspecified atom stereocenters. The van der Waals surface area contributed by atoms with Crippen LogP contribution in [0.25, 0.3) is 0 Å². The van der Waals surface area contributed by atoms with Gasteiger partial charge in [-0.3, -0.25) is 0 Å². The molecule has 0 saturated carbocycles. The zero-order valence-electron chi connectivity index (χ0n) is 8.94. The van der Waals surface area contributed by atoms with Crippen molar-refractivity contribution in [1.82, 2.24) is 0 Å². The minimum absolute atomic E-state index is 0.00882. The number of sulfone groups is 1. The van der Waals surface area contributed by atoms with E-state index in [4.69, 9.17) is 0 Å². The van der Waals surface area contributed by atoms with Crippen molar-refractivity contribution in [3.63, 3.8) is 0 Å². The molecule has 1 aliphatic heterocycles. The molecule has 0 aromatic heterocycles. The monoisotopic (exact) mass is 270 g/mol. The Balaban J connectivity index is 2.51. The maximum absolute atomic E-state index is 14.1. The molecule has 2 nitrogen and oxygen atoms in total. The Labute approximate surface area is 95.9 Å². The fourth-order valence-corrected chi connectivity index (χ4v) is 3.64. The van der Waals surface area contributed by atoms with E-state index in [0.29, 0.717) is 18.9 Å². The third-order valence-electron chi connectivity index (χ3n) is 3.17. The molecule has 1 heterocycles. The Morgan fingerprint density at radius 3 is 2.35 bits per heavy atom. The molecule has 0 spiro atoms. The van der Waals surface area contributed by atoms with Gasteiger partial charge in [0, 0.05) is 0 Å². The maximum atomic E-state index is 14.1. The van der Waals surface area contributed by atoms with Crippen molar-refractivity contribution >= 4 is 9.84 Å². The van der Waals surface area contributed by atoms with E-state index in [9.17, 15) is 26.0 Å². The second-order valence-electron chi connectivity index (χ2n) is 4.17. The van der Waals surface area contributed by atoms with E-state index in [1.165, 1.54) is 0 Å². The van der Waals surface area contributed by atoms with E-state index in [1.807, 2.05) is 0 Å². The Morgan fingerprint density at radius 1 is 1.29 bits per heavy atom. The number of hydrogen-bond donors (Lipinski definition) is 0. The minimum atomic E-state index is -5.21. The summed E-state index contributed by atoms with van der Waals surface area (Å²) < 4.78 is 76.6. The number of unbranched alkanes of at least 4 members (excludes halogenated alkanes) is 1. The minimum Gasteiger partial charge on any atom is -0.226 e. The van der Waals surface area contributed by atoms with E-state index < -0.39 is 31.5 Å². The highest BCUT2D eigenvalue weighted by molar-refractivity contribution is 7.96. The standard InChI is InChI=1S/C10H10F4O2S/c1-2-3-4-6-5-9(13)10(6,14)7(11)8(12)17(9,15)16/h5H,2-4H2,1H3. The van der Waals surface area contributed by atoms with Crippen LogP contribution in [0.1, 0.15) is 26.2 Å². The van der Waals surface area contributed by atoms with Gasteiger partial charge in [0.2, 0.25) is 5.67 Å². The predicted octanol–water partition coefficient (Wildman–Crippen LogP) is 3.03. The van der Waals surface area contributed by atoms with Crippen molar-refractivity contribution in [3.8, 4) is 0 Å². The molecule has 0 amide bonds. The van der Waals surface area contributed by atoms with Gasteiger partial charge in [0.1, 0.15) is 0 Å². The summed E-state index contributed by atoms with van der Waals surface area (Å²) in [5, 5.41) is -5.93. The van der Waals surface area contributed by atoms with Crippen molar-refractivity contribution in [2.45, 2.75) is 36.9 Å². The number of alkyl halides is 2. The fourth-order valence-electron chi connectivity index (χ4n) is 2.11. The highest BCUT2D eigenvalue weighted by Crippen LogP contribution is 2.63. The Bertz CT molecular complexity index is 537.